The van der Waals surface area contributed by atoms with Crippen molar-refractivity contribution in [1.29, 1.82) is 0 Å². The van der Waals surface area contributed by atoms with E-state index in [9.17, 15) is 10.1 Å². The molecule has 0 amide bonds. The molecule has 2 rings (SSSR count). The SMILES string of the molecule is O=[N+]([O-])c1ccccc1OCC1(CBr)CCCCCC1. The molecule has 0 radical (unpaired) electrons. The van der Waals surface area contributed by atoms with E-state index in [4.69, 9.17) is 4.74 Å². The van der Waals surface area contributed by atoms with Crippen molar-refractivity contribution in [3.8, 4) is 5.75 Å². The molecule has 1 aliphatic carbocycles. The summed E-state index contributed by atoms with van der Waals surface area (Å²) in [7, 11) is 0. The summed E-state index contributed by atoms with van der Waals surface area (Å²) in [6, 6.07) is 6.60. The normalized spacial score (nSPS) is 18.2. The second-order valence-electron chi connectivity index (χ2n) is 5.56. The number of hydrogen-bond acceptors (Lipinski definition) is 3. The summed E-state index contributed by atoms with van der Waals surface area (Å²) < 4.78 is 5.82. The first-order valence-corrected chi connectivity index (χ1v) is 8.21. The van der Waals surface area contributed by atoms with Crippen molar-refractivity contribution >= 4 is 21.6 Å². The van der Waals surface area contributed by atoms with E-state index in [-0.39, 0.29) is 16.0 Å². The minimum atomic E-state index is -0.386. The maximum Gasteiger partial charge on any atom is 0.310 e. The molecule has 0 spiro atoms. The molecular formula is C15H20BrNO3. The van der Waals surface area contributed by atoms with Gasteiger partial charge in [0.2, 0.25) is 0 Å². The number of rotatable bonds is 5. The van der Waals surface area contributed by atoms with Gasteiger partial charge in [-0.05, 0) is 18.9 Å². The molecule has 0 N–H and O–H groups in total. The topological polar surface area (TPSA) is 52.4 Å². The Hall–Kier alpha value is -1.10. The van der Waals surface area contributed by atoms with Gasteiger partial charge in [-0.1, -0.05) is 53.7 Å². The fourth-order valence-electron chi connectivity index (χ4n) is 2.76. The Morgan fingerprint density at radius 2 is 1.85 bits per heavy atom. The van der Waals surface area contributed by atoms with Crippen LogP contribution in [0.4, 0.5) is 5.69 Å². The summed E-state index contributed by atoms with van der Waals surface area (Å²) >= 11 is 3.61. The third-order valence-electron chi connectivity index (χ3n) is 4.04. The number of nitrogens with zero attached hydrogens (tertiary/aromatic N) is 1. The number of ether oxygens (including phenoxy) is 1. The second-order valence-corrected chi connectivity index (χ2v) is 6.12. The van der Waals surface area contributed by atoms with Gasteiger partial charge in [0.25, 0.3) is 0 Å². The molecule has 1 fully saturated rings. The van der Waals surface area contributed by atoms with Gasteiger partial charge in [-0.15, -0.1) is 0 Å². The molecule has 0 bridgehead atoms. The first-order valence-electron chi connectivity index (χ1n) is 7.09. The Kier molecular flexibility index (Phi) is 5.40. The highest BCUT2D eigenvalue weighted by Gasteiger charge is 2.31. The van der Waals surface area contributed by atoms with Gasteiger partial charge < -0.3 is 4.74 Å². The Bertz CT molecular complexity index is 456. The van der Waals surface area contributed by atoms with Crippen LogP contribution in [-0.4, -0.2) is 16.9 Å². The predicted octanol–water partition coefficient (Wildman–Crippen LogP) is 4.71. The van der Waals surface area contributed by atoms with Crippen LogP contribution in [0.1, 0.15) is 38.5 Å². The van der Waals surface area contributed by atoms with Crippen LogP contribution in [0.2, 0.25) is 0 Å². The first kappa shape index (κ1) is 15.3. The second kappa shape index (κ2) is 7.07. The van der Waals surface area contributed by atoms with Gasteiger partial charge in [-0.3, -0.25) is 10.1 Å². The van der Waals surface area contributed by atoms with Gasteiger partial charge in [0.1, 0.15) is 0 Å². The maximum absolute atomic E-state index is 11.0. The maximum atomic E-state index is 11.0. The molecule has 0 unspecified atom stereocenters. The number of alkyl halides is 1. The van der Waals surface area contributed by atoms with Crippen LogP contribution < -0.4 is 4.74 Å². The van der Waals surface area contributed by atoms with Crippen molar-refractivity contribution in [3.63, 3.8) is 0 Å². The van der Waals surface area contributed by atoms with Crippen molar-refractivity contribution in [1.82, 2.24) is 0 Å². The third-order valence-corrected chi connectivity index (χ3v) is 5.23. The summed E-state index contributed by atoms with van der Waals surface area (Å²) in [6.07, 6.45) is 7.23. The number of halogens is 1. The zero-order chi connectivity index (χ0) is 14.4. The van der Waals surface area contributed by atoms with Gasteiger partial charge in [-0.25, -0.2) is 0 Å². The molecule has 1 aromatic carbocycles. The van der Waals surface area contributed by atoms with E-state index >= 15 is 0 Å². The molecule has 0 heterocycles. The summed E-state index contributed by atoms with van der Waals surface area (Å²) in [5, 5.41) is 11.9. The van der Waals surface area contributed by atoms with Crippen molar-refractivity contribution in [2.24, 2.45) is 5.41 Å². The zero-order valence-corrected chi connectivity index (χ0v) is 13.1. The minimum absolute atomic E-state index is 0.0471. The van der Waals surface area contributed by atoms with E-state index in [1.807, 2.05) is 0 Å². The molecule has 0 aliphatic heterocycles. The standard InChI is InChI=1S/C15H20BrNO3/c16-11-15(9-5-1-2-6-10-15)12-20-14-8-4-3-7-13(14)17(18)19/h3-4,7-8H,1-2,5-6,9-12H2. The van der Waals surface area contributed by atoms with E-state index in [0.29, 0.717) is 12.4 Å². The van der Waals surface area contributed by atoms with Gasteiger partial charge in [-0.2, -0.15) is 0 Å². The van der Waals surface area contributed by atoms with Crippen LogP contribution in [0.3, 0.4) is 0 Å². The molecule has 1 saturated carbocycles. The average molecular weight is 342 g/mol. The Balaban J connectivity index is 2.08. The van der Waals surface area contributed by atoms with Gasteiger partial charge in [0, 0.05) is 16.8 Å². The van der Waals surface area contributed by atoms with Crippen molar-refractivity contribution < 1.29 is 9.66 Å². The minimum Gasteiger partial charge on any atom is -0.486 e. The van der Waals surface area contributed by atoms with Crippen LogP contribution in [0.15, 0.2) is 24.3 Å². The quantitative estimate of drug-likeness (QED) is 0.337. The Morgan fingerprint density at radius 3 is 2.45 bits per heavy atom. The van der Waals surface area contributed by atoms with Crippen LogP contribution in [0.5, 0.6) is 5.75 Å². The molecule has 1 aliphatic rings. The van der Waals surface area contributed by atoms with E-state index in [1.54, 1.807) is 18.2 Å². The number of nitro benzene ring substituents is 1. The molecule has 0 saturated heterocycles. The average Bonchev–Trinajstić information content (AvgIpc) is 2.71. The summed E-state index contributed by atoms with van der Waals surface area (Å²) in [6.45, 7) is 0.545. The fraction of sp³-hybridized carbons (Fsp3) is 0.600. The number of nitro groups is 1. The van der Waals surface area contributed by atoms with Crippen LogP contribution in [-0.2, 0) is 0 Å². The lowest BCUT2D eigenvalue weighted by atomic mass is 9.83. The molecule has 0 atom stereocenters. The van der Waals surface area contributed by atoms with Crippen molar-refractivity contribution in [3.05, 3.63) is 34.4 Å². The Labute approximate surface area is 127 Å². The lowest BCUT2D eigenvalue weighted by Crippen LogP contribution is -2.30. The van der Waals surface area contributed by atoms with E-state index < -0.39 is 0 Å². The van der Waals surface area contributed by atoms with Gasteiger partial charge in [0.15, 0.2) is 5.75 Å². The van der Waals surface area contributed by atoms with Crippen LogP contribution in [0, 0.1) is 15.5 Å². The highest BCUT2D eigenvalue weighted by atomic mass is 79.9. The highest BCUT2D eigenvalue weighted by molar-refractivity contribution is 9.09. The first-order chi connectivity index (χ1) is 9.67. The Morgan fingerprint density at radius 1 is 1.20 bits per heavy atom. The van der Waals surface area contributed by atoms with E-state index in [0.717, 1.165) is 18.2 Å². The van der Waals surface area contributed by atoms with Gasteiger partial charge in [0.05, 0.1) is 11.5 Å². The third kappa shape index (κ3) is 3.72. The molecule has 0 aromatic heterocycles. The van der Waals surface area contributed by atoms with Crippen molar-refractivity contribution in [2.45, 2.75) is 38.5 Å². The van der Waals surface area contributed by atoms with E-state index in [1.165, 1.54) is 31.7 Å². The number of benzene rings is 1. The van der Waals surface area contributed by atoms with Crippen LogP contribution >= 0.6 is 15.9 Å². The number of para-hydroxylation sites is 2. The zero-order valence-electron chi connectivity index (χ0n) is 11.5. The molecule has 1 aromatic rings. The molecule has 110 valence electrons. The lowest BCUT2D eigenvalue weighted by Gasteiger charge is -2.30. The largest absolute Gasteiger partial charge is 0.486 e. The summed E-state index contributed by atoms with van der Waals surface area (Å²) in [5.74, 6) is 0.377. The monoisotopic (exact) mass is 341 g/mol. The molecular weight excluding hydrogens is 322 g/mol. The fourth-order valence-corrected chi connectivity index (χ4v) is 3.48. The molecule has 20 heavy (non-hydrogen) atoms. The smallest absolute Gasteiger partial charge is 0.310 e. The van der Waals surface area contributed by atoms with E-state index in [2.05, 4.69) is 15.9 Å². The van der Waals surface area contributed by atoms with Crippen LogP contribution in [0.25, 0.3) is 0 Å². The van der Waals surface area contributed by atoms with Gasteiger partial charge >= 0.3 is 5.69 Å². The number of hydrogen-bond donors (Lipinski definition) is 0. The van der Waals surface area contributed by atoms with Crippen molar-refractivity contribution in [2.75, 3.05) is 11.9 Å². The molecule has 4 nitrogen and oxygen atoms in total. The lowest BCUT2D eigenvalue weighted by molar-refractivity contribution is -0.386. The summed E-state index contributed by atoms with van der Waals surface area (Å²) in [5.41, 5.74) is 0.158. The summed E-state index contributed by atoms with van der Waals surface area (Å²) in [4.78, 5) is 10.6. The molecule has 5 heteroatoms. The predicted molar refractivity (Wildman–Crippen MR) is 82.5 cm³/mol. The highest BCUT2D eigenvalue weighted by Crippen LogP contribution is 2.38.